The van der Waals surface area contributed by atoms with Crippen LogP contribution in [0.5, 0.6) is 0 Å². The van der Waals surface area contributed by atoms with E-state index in [2.05, 4.69) is 31.5 Å². The van der Waals surface area contributed by atoms with Gasteiger partial charge < -0.3 is 30.1 Å². The number of hydrogen-bond donors (Lipinski definition) is 3. The Morgan fingerprint density at radius 3 is 2.66 bits per heavy atom. The Labute approximate surface area is 196 Å². The average Bonchev–Trinajstić information content (AvgIpc) is 3.38. The van der Waals surface area contributed by atoms with Crippen LogP contribution in [0, 0.1) is 11.8 Å². The normalized spacial score (nSPS) is 36.4. The second-order valence-electron chi connectivity index (χ2n) is 8.99. The van der Waals surface area contributed by atoms with Gasteiger partial charge in [-0.2, -0.15) is 0 Å². The third kappa shape index (κ3) is 4.06. The van der Waals surface area contributed by atoms with Gasteiger partial charge in [-0.1, -0.05) is 15.9 Å². The number of fused-ring (bicyclic) bond motifs is 1. The molecule has 0 aromatic rings. The lowest BCUT2D eigenvalue weighted by Crippen LogP contribution is -2.56. The number of rotatable bonds is 9. The second kappa shape index (κ2) is 9.92. The van der Waals surface area contributed by atoms with Crippen molar-refractivity contribution < 1.29 is 29.0 Å². The van der Waals surface area contributed by atoms with E-state index in [4.69, 9.17) is 9.47 Å². The highest BCUT2D eigenvalue weighted by Gasteiger charge is 2.76. The number of nitrogens with zero attached hydrogens (tertiary/aromatic N) is 2. The number of aliphatic hydroxyl groups excluding tert-OH is 1. The molecule has 3 N–H and O–H groups in total. The van der Waals surface area contributed by atoms with Gasteiger partial charge in [0.2, 0.25) is 17.7 Å². The Balaban J connectivity index is 1.53. The second-order valence-corrected chi connectivity index (χ2v) is 10.2. The summed E-state index contributed by atoms with van der Waals surface area (Å²) in [4.78, 5) is 43.4. The van der Waals surface area contributed by atoms with Crippen LogP contribution in [0.4, 0.5) is 0 Å². The smallest absolute Gasteiger partial charge is 0.245 e. The fourth-order valence-corrected chi connectivity index (χ4v) is 6.73. The zero-order valence-corrected chi connectivity index (χ0v) is 20.0. The summed E-state index contributed by atoms with van der Waals surface area (Å²) < 4.78 is 11.7. The molecule has 4 rings (SSSR count). The molecule has 0 aliphatic carbocycles. The number of alkyl halides is 1. The molecule has 4 aliphatic heterocycles. The number of unbranched alkanes of at least 4 members (excludes halogenated alkanes) is 1. The molecule has 180 valence electrons. The number of carbonyl (C=O) groups is 3. The van der Waals surface area contributed by atoms with Crippen LogP contribution in [0.1, 0.15) is 19.3 Å². The summed E-state index contributed by atoms with van der Waals surface area (Å²) in [6.07, 6.45) is 1.18. The van der Waals surface area contributed by atoms with Crippen LogP contribution in [0.15, 0.2) is 0 Å². The summed E-state index contributed by atoms with van der Waals surface area (Å²) in [6, 6.07) is -0.789. The minimum absolute atomic E-state index is 0.0237. The van der Waals surface area contributed by atoms with Gasteiger partial charge in [0.25, 0.3) is 0 Å². The fourth-order valence-electron chi connectivity index (χ4n) is 5.79. The largest absolute Gasteiger partial charge is 0.396 e. The number of likely N-dealkylation sites (tertiary alicyclic amines) is 1. The summed E-state index contributed by atoms with van der Waals surface area (Å²) >= 11 is 3.63. The van der Waals surface area contributed by atoms with Gasteiger partial charge in [0.15, 0.2) is 0 Å². The molecule has 4 heterocycles. The number of ether oxygens (including phenoxy) is 2. The summed E-state index contributed by atoms with van der Waals surface area (Å²) in [5.41, 5.74) is -1.02. The molecule has 6 atom stereocenters. The number of carbonyl (C=O) groups excluding carboxylic acids is 3. The first-order valence-corrected chi connectivity index (χ1v) is 12.4. The first-order valence-electron chi connectivity index (χ1n) is 11.5. The first-order chi connectivity index (χ1) is 15.4. The first kappa shape index (κ1) is 23.9. The van der Waals surface area contributed by atoms with Crippen LogP contribution >= 0.6 is 15.9 Å². The lowest BCUT2D eigenvalue weighted by molar-refractivity contribution is -0.142. The summed E-state index contributed by atoms with van der Waals surface area (Å²) in [7, 11) is 1.55. The Morgan fingerprint density at radius 2 is 1.97 bits per heavy atom. The molecular weight excluding hydrogens is 484 g/mol. The molecular formula is C21H33BrN4O6. The van der Waals surface area contributed by atoms with Crippen LogP contribution in [0.3, 0.4) is 0 Å². The number of morpholine rings is 1. The maximum Gasteiger partial charge on any atom is 0.245 e. The monoisotopic (exact) mass is 516 g/mol. The van der Waals surface area contributed by atoms with Crippen LogP contribution in [0.25, 0.3) is 0 Å². The van der Waals surface area contributed by atoms with Gasteiger partial charge in [-0.3, -0.25) is 19.3 Å². The molecule has 10 nitrogen and oxygen atoms in total. The van der Waals surface area contributed by atoms with E-state index in [1.807, 2.05) is 0 Å². The van der Waals surface area contributed by atoms with Crippen molar-refractivity contribution in [3.63, 3.8) is 0 Å². The summed E-state index contributed by atoms with van der Waals surface area (Å²) in [6.45, 7) is 4.60. The van der Waals surface area contributed by atoms with Gasteiger partial charge in [-0.15, -0.1) is 0 Å². The zero-order valence-electron chi connectivity index (χ0n) is 18.4. The molecule has 0 saturated carbocycles. The molecule has 4 fully saturated rings. The van der Waals surface area contributed by atoms with Crippen molar-refractivity contribution in [3.05, 3.63) is 0 Å². The lowest BCUT2D eigenvalue weighted by Gasteiger charge is -2.34. The van der Waals surface area contributed by atoms with E-state index in [-0.39, 0.29) is 29.2 Å². The highest BCUT2D eigenvalue weighted by molar-refractivity contribution is 9.09. The van der Waals surface area contributed by atoms with Crippen LogP contribution in [-0.2, 0) is 23.9 Å². The van der Waals surface area contributed by atoms with Gasteiger partial charge in [0.05, 0.1) is 31.2 Å². The van der Waals surface area contributed by atoms with Crippen molar-refractivity contribution >= 4 is 33.7 Å². The third-order valence-corrected chi connectivity index (χ3v) is 8.07. The van der Waals surface area contributed by atoms with E-state index in [0.29, 0.717) is 52.1 Å². The Morgan fingerprint density at radius 1 is 1.22 bits per heavy atom. The molecule has 3 amide bonds. The topological polar surface area (TPSA) is 120 Å². The zero-order chi connectivity index (χ0) is 22.9. The summed E-state index contributed by atoms with van der Waals surface area (Å²) in [5.74, 6) is -1.98. The van der Waals surface area contributed by atoms with E-state index < -0.39 is 29.6 Å². The molecule has 1 spiro atoms. The SMILES string of the molecule is CNC(=O)[C@H]1[C@H]2C(=O)N(CCCCO)C(C(=O)NCCN3CCOCC3)C23CC(Br)[C@@H]1O3. The van der Waals surface area contributed by atoms with Crippen LogP contribution in [0.2, 0.25) is 0 Å². The van der Waals surface area contributed by atoms with Gasteiger partial charge in [-0.05, 0) is 19.3 Å². The number of hydrogen-bond acceptors (Lipinski definition) is 7. The van der Waals surface area contributed by atoms with Crippen molar-refractivity contribution in [2.75, 3.05) is 59.6 Å². The predicted molar refractivity (Wildman–Crippen MR) is 118 cm³/mol. The Bertz CT molecular complexity index is 735. The molecule has 2 bridgehead atoms. The minimum atomic E-state index is -1.02. The van der Waals surface area contributed by atoms with E-state index in [1.54, 1.807) is 11.9 Å². The van der Waals surface area contributed by atoms with Gasteiger partial charge >= 0.3 is 0 Å². The van der Waals surface area contributed by atoms with Crippen molar-refractivity contribution in [2.45, 2.75) is 41.8 Å². The Hall–Kier alpha value is -1.27. The molecule has 3 unspecified atom stereocenters. The van der Waals surface area contributed by atoms with Gasteiger partial charge in [0, 0.05) is 51.2 Å². The molecule has 0 aromatic carbocycles. The molecule has 4 aliphatic rings. The highest BCUT2D eigenvalue weighted by atomic mass is 79.9. The lowest BCUT2D eigenvalue weighted by atomic mass is 9.70. The molecule has 0 radical (unpaired) electrons. The van der Waals surface area contributed by atoms with Crippen molar-refractivity contribution in [3.8, 4) is 0 Å². The summed E-state index contributed by atoms with van der Waals surface area (Å²) in [5, 5.41) is 14.9. The standard InChI is InChI=1S/C21H33BrN4O6/c1-23-18(28)14-15-20(30)26(5-2-3-9-27)17(21(15)12-13(22)16(14)32-21)19(29)24-4-6-25-7-10-31-11-8-25/h13-17,27H,2-12H2,1H3,(H,23,28)(H,24,29)/t13?,14-,15-,16-,17?,21?/m0/s1. The molecule has 0 aromatic heterocycles. The van der Waals surface area contributed by atoms with Crippen LogP contribution < -0.4 is 10.6 Å². The number of halogens is 1. The van der Waals surface area contributed by atoms with Gasteiger partial charge in [0.1, 0.15) is 11.6 Å². The minimum Gasteiger partial charge on any atom is -0.396 e. The fraction of sp³-hybridized carbons (Fsp3) is 0.857. The average molecular weight is 517 g/mol. The maximum atomic E-state index is 13.5. The highest BCUT2D eigenvalue weighted by Crippen LogP contribution is 2.59. The number of aliphatic hydroxyl groups is 1. The van der Waals surface area contributed by atoms with Gasteiger partial charge in [-0.25, -0.2) is 0 Å². The maximum absolute atomic E-state index is 13.5. The van der Waals surface area contributed by atoms with Crippen LogP contribution in [-0.4, -0.2) is 115 Å². The quantitative estimate of drug-likeness (QED) is 0.257. The number of nitrogens with one attached hydrogen (secondary N) is 2. The number of amides is 3. The van der Waals surface area contributed by atoms with Crippen molar-refractivity contribution in [1.29, 1.82) is 0 Å². The Kier molecular flexibility index (Phi) is 7.40. The predicted octanol–water partition coefficient (Wildman–Crippen LogP) is -1.30. The third-order valence-electron chi connectivity index (χ3n) is 7.22. The van der Waals surface area contributed by atoms with E-state index in [9.17, 15) is 19.5 Å². The van der Waals surface area contributed by atoms with E-state index in [0.717, 1.165) is 13.1 Å². The van der Waals surface area contributed by atoms with E-state index >= 15 is 0 Å². The van der Waals surface area contributed by atoms with E-state index in [1.165, 1.54) is 0 Å². The van der Waals surface area contributed by atoms with Crippen molar-refractivity contribution in [1.82, 2.24) is 20.4 Å². The molecule has 4 saturated heterocycles. The molecule has 32 heavy (non-hydrogen) atoms. The van der Waals surface area contributed by atoms with Crippen molar-refractivity contribution in [2.24, 2.45) is 11.8 Å². The molecule has 11 heteroatoms.